The van der Waals surface area contributed by atoms with Gasteiger partial charge in [-0.1, -0.05) is 0 Å². The van der Waals surface area contributed by atoms with Crippen molar-refractivity contribution in [1.29, 1.82) is 0 Å². The summed E-state index contributed by atoms with van der Waals surface area (Å²) in [6.07, 6.45) is 0. The molecule has 29 heavy (non-hydrogen) atoms. The molecule has 0 fully saturated rings. The van der Waals surface area contributed by atoms with Crippen LogP contribution in [0.25, 0.3) is 0 Å². The number of carbonyl (C=O) groups excluding carboxylic acids is 1. The quantitative estimate of drug-likeness (QED) is 0.575. The lowest BCUT2D eigenvalue weighted by Gasteiger charge is -2.18. The van der Waals surface area contributed by atoms with E-state index in [0.717, 1.165) is 0 Å². The Bertz CT molecular complexity index is 943. The molecule has 0 aliphatic heterocycles. The van der Waals surface area contributed by atoms with E-state index in [4.69, 9.17) is 9.47 Å². The van der Waals surface area contributed by atoms with Gasteiger partial charge in [-0.3, -0.25) is 4.79 Å². The zero-order chi connectivity index (χ0) is 21.6. The first-order valence-electron chi connectivity index (χ1n) is 9.08. The van der Waals surface area contributed by atoms with Gasteiger partial charge < -0.3 is 20.1 Å². The Morgan fingerprint density at radius 1 is 0.966 bits per heavy atom. The number of benzene rings is 2. The molecule has 0 unspecified atom stereocenters. The van der Waals surface area contributed by atoms with Crippen LogP contribution < -0.4 is 24.8 Å². The molecule has 0 saturated carbocycles. The number of nitrogens with one attached hydrogen (secondary N) is 3. The number of hydrogen-bond donors (Lipinski definition) is 3. The zero-order valence-electron chi connectivity index (χ0n) is 17.1. The van der Waals surface area contributed by atoms with E-state index >= 15 is 0 Å². The van der Waals surface area contributed by atoms with E-state index < -0.39 is 16.1 Å². The average molecular weight is 422 g/mol. The molecule has 2 aromatic rings. The summed E-state index contributed by atoms with van der Waals surface area (Å²) in [5.74, 6) is 0.918. The van der Waals surface area contributed by atoms with E-state index in [1.165, 1.54) is 19.2 Å². The Hall–Kier alpha value is -2.78. The van der Waals surface area contributed by atoms with Crippen molar-refractivity contribution in [3.8, 4) is 11.5 Å². The van der Waals surface area contributed by atoms with Crippen LogP contribution in [0, 0.1) is 0 Å². The molecule has 0 heterocycles. The van der Waals surface area contributed by atoms with Gasteiger partial charge in [0.1, 0.15) is 17.5 Å². The van der Waals surface area contributed by atoms with Crippen molar-refractivity contribution in [2.75, 3.05) is 24.9 Å². The summed E-state index contributed by atoms with van der Waals surface area (Å²) >= 11 is 0. The maximum atomic E-state index is 12.5. The summed E-state index contributed by atoms with van der Waals surface area (Å²) in [5, 5.41) is 5.85. The third kappa shape index (κ3) is 6.10. The van der Waals surface area contributed by atoms with Crippen LogP contribution in [0.2, 0.25) is 0 Å². The molecule has 3 N–H and O–H groups in total. The van der Waals surface area contributed by atoms with Gasteiger partial charge in [0.15, 0.2) is 0 Å². The molecule has 2 rings (SSSR count). The van der Waals surface area contributed by atoms with Crippen LogP contribution in [-0.2, 0) is 14.8 Å². The number of methoxy groups -OCH3 is 2. The molecule has 0 aliphatic rings. The first-order valence-corrected chi connectivity index (χ1v) is 10.6. The van der Waals surface area contributed by atoms with E-state index in [0.29, 0.717) is 22.9 Å². The first-order chi connectivity index (χ1) is 13.7. The number of rotatable bonds is 9. The largest absolute Gasteiger partial charge is 0.497 e. The van der Waals surface area contributed by atoms with Crippen molar-refractivity contribution in [2.24, 2.45) is 0 Å². The number of ether oxygens (including phenoxy) is 2. The topological polar surface area (TPSA) is 106 Å². The van der Waals surface area contributed by atoms with Crippen molar-refractivity contribution < 1.29 is 22.7 Å². The van der Waals surface area contributed by atoms with E-state index in [1.54, 1.807) is 58.2 Å². The van der Waals surface area contributed by atoms with Gasteiger partial charge in [0.2, 0.25) is 15.9 Å². The fourth-order valence-corrected chi connectivity index (χ4v) is 3.81. The Morgan fingerprint density at radius 3 is 2.17 bits per heavy atom. The molecule has 8 nitrogen and oxygen atoms in total. The van der Waals surface area contributed by atoms with Crippen molar-refractivity contribution in [2.45, 2.75) is 37.8 Å². The van der Waals surface area contributed by atoms with Crippen LogP contribution >= 0.6 is 0 Å². The molecule has 0 radical (unpaired) electrons. The average Bonchev–Trinajstić information content (AvgIpc) is 2.67. The van der Waals surface area contributed by atoms with Crippen molar-refractivity contribution in [3.05, 3.63) is 42.5 Å². The highest BCUT2D eigenvalue weighted by Gasteiger charge is 2.17. The van der Waals surface area contributed by atoms with Crippen LogP contribution in [0.4, 0.5) is 11.4 Å². The minimum atomic E-state index is -3.57. The van der Waals surface area contributed by atoms with Gasteiger partial charge in [0, 0.05) is 17.8 Å². The van der Waals surface area contributed by atoms with Crippen molar-refractivity contribution in [1.82, 2.24) is 4.72 Å². The molecule has 0 spiro atoms. The Labute approximate surface area is 171 Å². The molecule has 2 aromatic carbocycles. The van der Waals surface area contributed by atoms with Crippen LogP contribution in [0.1, 0.15) is 20.8 Å². The number of amides is 1. The lowest BCUT2D eigenvalue weighted by Crippen LogP contribution is -2.32. The fourth-order valence-electron chi connectivity index (χ4n) is 2.56. The monoisotopic (exact) mass is 421 g/mol. The second-order valence-electron chi connectivity index (χ2n) is 6.72. The van der Waals surface area contributed by atoms with Gasteiger partial charge in [0.05, 0.1) is 24.8 Å². The molecule has 158 valence electrons. The van der Waals surface area contributed by atoms with Crippen LogP contribution in [0.3, 0.4) is 0 Å². The lowest BCUT2D eigenvalue weighted by atomic mass is 10.2. The SMILES string of the molecule is COc1ccc(N[C@H](C)C(=O)Nc2ccc(S(=O)(=O)NC(C)C)cc2)c(OC)c1. The normalized spacial score (nSPS) is 12.3. The number of sulfonamides is 1. The summed E-state index contributed by atoms with van der Waals surface area (Å²) in [6.45, 7) is 5.21. The zero-order valence-corrected chi connectivity index (χ0v) is 18.0. The van der Waals surface area contributed by atoms with Gasteiger partial charge in [0.25, 0.3) is 0 Å². The minimum Gasteiger partial charge on any atom is -0.497 e. The predicted octanol–water partition coefficient (Wildman–Crippen LogP) is 2.83. The molecule has 0 bridgehead atoms. The van der Waals surface area contributed by atoms with E-state index in [2.05, 4.69) is 15.4 Å². The van der Waals surface area contributed by atoms with Crippen molar-refractivity contribution in [3.63, 3.8) is 0 Å². The van der Waals surface area contributed by atoms with Gasteiger partial charge in [-0.2, -0.15) is 0 Å². The summed E-state index contributed by atoms with van der Waals surface area (Å²) in [4.78, 5) is 12.6. The summed E-state index contributed by atoms with van der Waals surface area (Å²) in [6, 6.07) is 10.5. The van der Waals surface area contributed by atoms with Gasteiger partial charge >= 0.3 is 0 Å². The van der Waals surface area contributed by atoms with Crippen LogP contribution in [0.5, 0.6) is 11.5 Å². The third-order valence-corrected chi connectivity index (χ3v) is 5.67. The lowest BCUT2D eigenvalue weighted by molar-refractivity contribution is -0.116. The smallest absolute Gasteiger partial charge is 0.246 e. The molecule has 0 saturated heterocycles. The summed E-state index contributed by atoms with van der Waals surface area (Å²) < 4.78 is 37.3. The Balaban J connectivity index is 2.05. The molecular formula is C20H27N3O5S. The minimum absolute atomic E-state index is 0.137. The van der Waals surface area contributed by atoms with E-state index in [9.17, 15) is 13.2 Å². The molecule has 1 amide bonds. The highest BCUT2D eigenvalue weighted by atomic mass is 32.2. The molecular weight excluding hydrogens is 394 g/mol. The number of hydrogen-bond acceptors (Lipinski definition) is 6. The van der Waals surface area contributed by atoms with Crippen LogP contribution in [0.15, 0.2) is 47.4 Å². The highest BCUT2D eigenvalue weighted by molar-refractivity contribution is 7.89. The first kappa shape index (κ1) is 22.5. The van der Waals surface area contributed by atoms with E-state index in [1.807, 2.05) is 0 Å². The molecule has 0 aliphatic carbocycles. The van der Waals surface area contributed by atoms with E-state index in [-0.39, 0.29) is 16.8 Å². The van der Waals surface area contributed by atoms with Gasteiger partial charge in [-0.25, -0.2) is 13.1 Å². The maximum absolute atomic E-state index is 12.5. The molecule has 1 atom stereocenters. The third-order valence-electron chi connectivity index (χ3n) is 4.00. The predicted molar refractivity (Wildman–Crippen MR) is 113 cm³/mol. The fraction of sp³-hybridized carbons (Fsp3) is 0.350. The number of anilines is 2. The Kier molecular flexibility index (Phi) is 7.46. The Morgan fingerprint density at radius 2 is 1.62 bits per heavy atom. The van der Waals surface area contributed by atoms with Gasteiger partial charge in [-0.05, 0) is 57.2 Å². The molecule has 9 heteroatoms. The van der Waals surface area contributed by atoms with Crippen molar-refractivity contribution >= 4 is 27.3 Å². The second-order valence-corrected chi connectivity index (χ2v) is 8.44. The van der Waals surface area contributed by atoms with Gasteiger partial charge in [-0.15, -0.1) is 0 Å². The van der Waals surface area contributed by atoms with Crippen LogP contribution in [-0.4, -0.2) is 40.6 Å². The number of carbonyl (C=O) groups is 1. The standard InChI is InChI=1S/C20H27N3O5S/c1-13(2)23-29(25,26)17-9-6-15(7-10-17)22-20(24)14(3)21-18-11-8-16(27-4)12-19(18)28-5/h6-14,21,23H,1-5H3,(H,22,24)/t14-/m1/s1. The summed E-state index contributed by atoms with van der Waals surface area (Å²) in [5.41, 5.74) is 1.14. The summed E-state index contributed by atoms with van der Waals surface area (Å²) in [7, 11) is -0.475. The molecule has 0 aromatic heterocycles. The second kappa shape index (κ2) is 9.62. The highest BCUT2D eigenvalue weighted by Crippen LogP contribution is 2.29. The maximum Gasteiger partial charge on any atom is 0.246 e.